The maximum absolute atomic E-state index is 13.5. The maximum atomic E-state index is 13.5. The van der Waals surface area contributed by atoms with E-state index in [4.69, 9.17) is 21.1 Å². The number of piperidine rings is 1. The monoisotopic (exact) mass is 561 g/mol. The van der Waals surface area contributed by atoms with Crippen LogP contribution in [0.4, 0.5) is 5.69 Å². The molecule has 37 heavy (non-hydrogen) atoms. The first kappa shape index (κ1) is 27.2. The topological polar surface area (TPSA) is 88.5 Å². The number of likely N-dealkylation sites (tertiary alicyclic amines) is 1. The predicted molar refractivity (Wildman–Crippen MR) is 148 cm³/mol. The van der Waals surface area contributed by atoms with Crippen molar-refractivity contribution in [2.75, 3.05) is 37.5 Å². The molecule has 0 radical (unpaired) electrons. The highest BCUT2D eigenvalue weighted by Gasteiger charge is 2.35. The molecule has 8 nitrogen and oxygen atoms in total. The highest BCUT2D eigenvalue weighted by molar-refractivity contribution is 8.14. The van der Waals surface area contributed by atoms with Crippen LogP contribution >= 0.6 is 34.7 Å². The van der Waals surface area contributed by atoms with Crippen LogP contribution in [0.5, 0.6) is 5.75 Å². The molecule has 1 fully saturated rings. The summed E-state index contributed by atoms with van der Waals surface area (Å²) in [6.45, 7) is 5.09. The number of methoxy groups -OCH3 is 1. The zero-order chi connectivity index (χ0) is 26.5. The summed E-state index contributed by atoms with van der Waals surface area (Å²) in [5.41, 5.74) is 1.79. The molecule has 0 aliphatic carbocycles. The summed E-state index contributed by atoms with van der Waals surface area (Å²) in [6, 6.07) is 7.01. The minimum absolute atomic E-state index is 0.0769. The van der Waals surface area contributed by atoms with Crippen molar-refractivity contribution < 1.29 is 23.9 Å². The number of rotatable bonds is 7. The van der Waals surface area contributed by atoms with Crippen LogP contribution in [0.2, 0.25) is 5.02 Å². The lowest BCUT2D eigenvalue weighted by Crippen LogP contribution is -2.42. The molecule has 0 spiro atoms. The number of hydrogen-bond donors (Lipinski definition) is 0. The Kier molecular flexibility index (Phi) is 8.94. The number of thioether (sulfide) groups is 1. The zero-order valence-electron chi connectivity index (χ0n) is 20.9. The lowest BCUT2D eigenvalue weighted by atomic mass is 9.97. The van der Waals surface area contributed by atoms with E-state index < -0.39 is 0 Å². The van der Waals surface area contributed by atoms with Gasteiger partial charge in [-0.25, -0.2) is 9.89 Å². The summed E-state index contributed by atoms with van der Waals surface area (Å²) in [7, 11) is 1.52. The number of ether oxygens (including phenoxy) is 2. The van der Waals surface area contributed by atoms with Gasteiger partial charge in [0.2, 0.25) is 5.91 Å². The van der Waals surface area contributed by atoms with Crippen LogP contribution in [0.1, 0.15) is 30.2 Å². The molecule has 2 aliphatic rings. The molecule has 196 valence electrons. The Morgan fingerprint density at radius 3 is 2.68 bits per heavy atom. The fraction of sp³-hybridized carbons (Fsp3) is 0.385. The normalized spacial score (nSPS) is 17.4. The number of aryl methyl sites for hydroxylation is 1. The van der Waals surface area contributed by atoms with Crippen molar-refractivity contribution >= 4 is 69.4 Å². The molecular formula is C26H28ClN3O5S2. The number of nitrogens with zero attached hydrogens (tertiary/aromatic N) is 3. The van der Waals surface area contributed by atoms with Gasteiger partial charge >= 0.3 is 5.97 Å². The summed E-state index contributed by atoms with van der Waals surface area (Å²) in [4.78, 5) is 47.3. The Balaban J connectivity index is 1.53. The summed E-state index contributed by atoms with van der Waals surface area (Å²) < 4.78 is 10.6. The molecule has 3 heterocycles. The van der Waals surface area contributed by atoms with Crippen molar-refractivity contribution in [2.45, 2.75) is 26.7 Å². The highest BCUT2D eigenvalue weighted by atomic mass is 35.5. The fourth-order valence-corrected chi connectivity index (χ4v) is 6.07. The van der Waals surface area contributed by atoms with Gasteiger partial charge in [0.05, 0.1) is 31.1 Å². The van der Waals surface area contributed by atoms with E-state index >= 15 is 0 Å². The number of anilines is 1. The summed E-state index contributed by atoms with van der Waals surface area (Å²) >= 11 is 8.97. The number of aliphatic imine (C=N–C) groups is 1. The van der Waals surface area contributed by atoms with Gasteiger partial charge in [-0.05, 0) is 68.0 Å². The van der Waals surface area contributed by atoms with Crippen LogP contribution in [0.15, 0.2) is 40.3 Å². The molecule has 0 N–H and O–H groups in total. The van der Waals surface area contributed by atoms with E-state index in [0.29, 0.717) is 54.2 Å². The second kappa shape index (κ2) is 12.1. The SMILES string of the molecule is CCOC(=O)C1CCN(C(=O)CSC2=N/C(=C\c3sccc3C)C(=O)N2c2cc(Cl)ccc2OC)CC1. The third-order valence-electron chi connectivity index (χ3n) is 6.17. The van der Waals surface area contributed by atoms with Gasteiger partial charge in [0, 0.05) is 23.0 Å². The first-order chi connectivity index (χ1) is 17.8. The van der Waals surface area contributed by atoms with E-state index in [1.54, 1.807) is 36.1 Å². The largest absolute Gasteiger partial charge is 0.495 e. The lowest BCUT2D eigenvalue weighted by molar-refractivity contribution is -0.151. The van der Waals surface area contributed by atoms with Crippen molar-refractivity contribution in [3.05, 3.63) is 50.8 Å². The number of amides is 2. The minimum atomic E-state index is -0.321. The molecule has 2 aromatic rings. The lowest BCUT2D eigenvalue weighted by Gasteiger charge is -2.31. The standard InChI is InChI=1S/C26H28ClN3O5S2/c1-4-35-25(33)17-7-10-29(11-8-17)23(31)15-37-26-28-19(14-22-16(2)9-12-36-22)24(32)30(26)20-13-18(27)5-6-21(20)34-3/h5-6,9,12-14,17H,4,7-8,10-11,15H2,1-3H3/b19-14-. The smallest absolute Gasteiger partial charge is 0.309 e. The summed E-state index contributed by atoms with van der Waals surface area (Å²) in [5, 5.41) is 2.78. The number of amidine groups is 1. The molecule has 0 atom stereocenters. The van der Waals surface area contributed by atoms with E-state index in [2.05, 4.69) is 4.99 Å². The molecule has 0 unspecified atom stereocenters. The summed E-state index contributed by atoms with van der Waals surface area (Å²) in [6.07, 6.45) is 2.92. The number of hydrogen-bond acceptors (Lipinski definition) is 8. The van der Waals surface area contributed by atoms with Gasteiger partial charge in [-0.2, -0.15) is 0 Å². The quantitative estimate of drug-likeness (QED) is 0.349. The first-order valence-electron chi connectivity index (χ1n) is 11.9. The van der Waals surface area contributed by atoms with Gasteiger partial charge < -0.3 is 14.4 Å². The van der Waals surface area contributed by atoms with E-state index in [-0.39, 0.29) is 35.2 Å². The van der Waals surface area contributed by atoms with Gasteiger partial charge in [0.25, 0.3) is 5.91 Å². The first-order valence-corrected chi connectivity index (χ1v) is 14.2. The molecule has 1 aromatic heterocycles. The molecule has 1 aromatic carbocycles. The van der Waals surface area contributed by atoms with E-state index in [9.17, 15) is 14.4 Å². The average Bonchev–Trinajstić information content (AvgIpc) is 3.44. The molecular weight excluding hydrogens is 534 g/mol. The molecule has 4 rings (SSSR count). The predicted octanol–water partition coefficient (Wildman–Crippen LogP) is 5.00. The molecule has 2 aliphatic heterocycles. The fourth-order valence-electron chi connectivity index (χ4n) is 4.14. The zero-order valence-corrected chi connectivity index (χ0v) is 23.3. The van der Waals surface area contributed by atoms with Crippen LogP contribution in [-0.4, -0.2) is 60.4 Å². The van der Waals surface area contributed by atoms with Crippen LogP contribution in [0.3, 0.4) is 0 Å². The van der Waals surface area contributed by atoms with E-state index in [1.165, 1.54) is 35.1 Å². The van der Waals surface area contributed by atoms with Crippen molar-refractivity contribution in [1.82, 2.24) is 4.90 Å². The molecule has 0 saturated carbocycles. The number of benzene rings is 1. The Morgan fingerprint density at radius 1 is 1.27 bits per heavy atom. The van der Waals surface area contributed by atoms with Crippen molar-refractivity contribution in [3.8, 4) is 5.75 Å². The molecule has 1 saturated heterocycles. The van der Waals surface area contributed by atoms with Gasteiger partial charge in [0.15, 0.2) is 5.17 Å². The average molecular weight is 562 g/mol. The summed E-state index contributed by atoms with van der Waals surface area (Å²) in [5.74, 6) is -0.208. The highest BCUT2D eigenvalue weighted by Crippen LogP contribution is 2.37. The maximum Gasteiger partial charge on any atom is 0.309 e. The van der Waals surface area contributed by atoms with Crippen molar-refractivity contribution in [1.29, 1.82) is 0 Å². The number of thiophene rings is 1. The van der Waals surface area contributed by atoms with Crippen LogP contribution in [0.25, 0.3) is 6.08 Å². The van der Waals surface area contributed by atoms with Gasteiger partial charge in [-0.1, -0.05) is 23.4 Å². The molecule has 0 bridgehead atoms. The number of carbonyl (C=O) groups is 3. The molecule has 2 amide bonds. The number of esters is 1. The third kappa shape index (κ3) is 6.19. The Bertz CT molecular complexity index is 1250. The van der Waals surface area contributed by atoms with E-state index in [1.807, 2.05) is 18.4 Å². The minimum Gasteiger partial charge on any atom is -0.495 e. The second-order valence-electron chi connectivity index (χ2n) is 8.54. The number of halogens is 1. The Morgan fingerprint density at radius 2 is 2.03 bits per heavy atom. The third-order valence-corrected chi connectivity index (χ3v) is 8.30. The van der Waals surface area contributed by atoms with Crippen LogP contribution < -0.4 is 9.64 Å². The van der Waals surface area contributed by atoms with Crippen LogP contribution in [-0.2, 0) is 19.1 Å². The number of carbonyl (C=O) groups excluding carboxylic acids is 3. The van der Waals surface area contributed by atoms with Gasteiger partial charge in [0.1, 0.15) is 11.4 Å². The Labute approximate surface area is 229 Å². The van der Waals surface area contributed by atoms with Gasteiger partial charge in [-0.15, -0.1) is 11.3 Å². The van der Waals surface area contributed by atoms with Crippen LogP contribution in [0, 0.1) is 12.8 Å². The second-order valence-corrected chi connectivity index (χ2v) is 10.9. The Hall–Kier alpha value is -2.82. The van der Waals surface area contributed by atoms with E-state index in [0.717, 1.165) is 10.4 Å². The molecule has 11 heteroatoms. The van der Waals surface area contributed by atoms with Gasteiger partial charge in [-0.3, -0.25) is 14.4 Å². The van der Waals surface area contributed by atoms with Crippen molar-refractivity contribution in [2.24, 2.45) is 10.9 Å². The van der Waals surface area contributed by atoms with Crippen molar-refractivity contribution in [3.63, 3.8) is 0 Å².